The summed E-state index contributed by atoms with van der Waals surface area (Å²) < 4.78 is 5.04. The first-order chi connectivity index (χ1) is 9.70. The van der Waals surface area contributed by atoms with Gasteiger partial charge in [0, 0.05) is 38.6 Å². The summed E-state index contributed by atoms with van der Waals surface area (Å²) in [4.78, 5) is 22.7. The van der Waals surface area contributed by atoms with Crippen LogP contribution in [0.3, 0.4) is 0 Å². The van der Waals surface area contributed by atoms with Crippen molar-refractivity contribution in [1.82, 2.24) is 15.3 Å². The smallest absolute Gasteiger partial charge is 0.225 e. The molecule has 1 saturated heterocycles. The second-order valence-corrected chi connectivity index (χ2v) is 5.21. The molecule has 1 aliphatic heterocycles. The molecule has 1 aromatic heterocycles. The third-order valence-electron chi connectivity index (χ3n) is 3.47. The molecule has 1 aromatic rings. The van der Waals surface area contributed by atoms with E-state index in [1.54, 1.807) is 25.7 Å². The highest BCUT2D eigenvalue weighted by Gasteiger charge is 2.27. The van der Waals surface area contributed by atoms with Gasteiger partial charge in [-0.3, -0.25) is 9.78 Å². The van der Waals surface area contributed by atoms with Crippen molar-refractivity contribution in [2.24, 2.45) is 5.92 Å². The Hall–Kier alpha value is -1.69. The summed E-state index contributed by atoms with van der Waals surface area (Å²) in [5.41, 5.74) is 0. The van der Waals surface area contributed by atoms with Gasteiger partial charge < -0.3 is 15.0 Å². The lowest BCUT2D eigenvalue weighted by Crippen LogP contribution is -2.46. The quantitative estimate of drug-likeness (QED) is 0.864. The lowest BCUT2D eigenvalue weighted by molar-refractivity contribution is -0.126. The molecule has 0 aliphatic carbocycles. The van der Waals surface area contributed by atoms with E-state index in [1.807, 2.05) is 6.92 Å². The molecular weight excluding hydrogens is 256 g/mol. The van der Waals surface area contributed by atoms with E-state index in [0.29, 0.717) is 13.2 Å². The zero-order valence-corrected chi connectivity index (χ0v) is 12.1. The summed E-state index contributed by atoms with van der Waals surface area (Å²) in [5, 5.41) is 3.00. The molecule has 1 N–H and O–H groups in total. The lowest BCUT2D eigenvalue weighted by Gasteiger charge is -2.33. The van der Waals surface area contributed by atoms with Crippen molar-refractivity contribution in [3.8, 4) is 0 Å². The largest absolute Gasteiger partial charge is 0.383 e. The Balaban J connectivity index is 1.91. The SMILES string of the molecule is COC[C@H](C)NC(=O)[C@H]1CCCN(c2cnccn2)C1. The summed E-state index contributed by atoms with van der Waals surface area (Å²) in [6.45, 7) is 4.11. The first kappa shape index (κ1) is 14.7. The normalized spacial score (nSPS) is 20.5. The van der Waals surface area contributed by atoms with Crippen molar-refractivity contribution >= 4 is 11.7 Å². The summed E-state index contributed by atoms with van der Waals surface area (Å²) in [6.07, 6.45) is 6.99. The lowest BCUT2D eigenvalue weighted by atomic mass is 9.97. The van der Waals surface area contributed by atoms with Crippen LogP contribution in [-0.2, 0) is 9.53 Å². The third kappa shape index (κ3) is 3.90. The van der Waals surface area contributed by atoms with E-state index >= 15 is 0 Å². The minimum atomic E-state index is 0.00469. The van der Waals surface area contributed by atoms with Gasteiger partial charge in [-0.15, -0.1) is 0 Å². The van der Waals surface area contributed by atoms with Gasteiger partial charge in [-0.1, -0.05) is 0 Å². The van der Waals surface area contributed by atoms with E-state index in [4.69, 9.17) is 4.74 Å². The summed E-state index contributed by atoms with van der Waals surface area (Å²) in [7, 11) is 1.64. The van der Waals surface area contributed by atoms with Gasteiger partial charge in [0.05, 0.1) is 18.7 Å². The second-order valence-electron chi connectivity index (χ2n) is 5.21. The van der Waals surface area contributed by atoms with Crippen LogP contribution in [0.5, 0.6) is 0 Å². The van der Waals surface area contributed by atoms with E-state index in [9.17, 15) is 4.79 Å². The van der Waals surface area contributed by atoms with E-state index in [2.05, 4.69) is 20.2 Å². The van der Waals surface area contributed by atoms with Crippen molar-refractivity contribution in [3.63, 3.8) is 0 Å². The van der Waals surface area contributed by atoms with Crippen molar-refractivity contribution < 1.29 is 9.53 Å². The molecule has 6 nitrogen and oxygen atoms in total. The number of nitrogens with zero attached hydrogens (tertiary/aromatic N) is 3. The predicted octanol–water partition coefficient (Wildman–Crippen LogP) is 0.844. The molecule has 0 unspecified atom stereocenters. The zero-order valence-electron chi connectivity index (χ0n) is 12.1. The van der Waals surface area contributed by atoms with Crippen molar-refractivity contribution in [2.45, 2.75) is 25.8 Å². The van der Waals surface area contributed by atoms with Gasteiger partial charge in [-0.25, -0.2) is 4.98 Å². The van der Waals surface area contributed by atoms with Gasteiger partial charge in [0.15, 0.2) is 0 Å². The average Bonchev–Trinajstić information content (AvgIpc) is 2.48. The molecule has 1 amide bonds. The number of hydrogen-bond donors (Lipinski definition) is 1. The van der Waals surface area contributed by atoms with Gasteiger partial charge >= 0.3 is 0 Å². The number of carbonyl (C=O) groups excluding carboxylic acids is 1. The maximum Gasteiger partial charge on any atom is 0.225 e. The van der Waals surface area contributed by atoms with Crippen LogP contribution < -0.4 is 10.2 Å². The van der Waals surface area contributed by atoms with Crippen LogP contribution in [-0.4, -0.2) is 48.7 Å². The number of aromatic nitrogens is 2. The number of piperidine rings is 1. The molecule has 0 bridgehead atoms. The first-order valence-corrected chi connectivity index (χ1v) is 7.01. The Morgan fingerprint density at radius 1 is 1.60 bits per heavy atom. The van der Waals surface area contributed by atoms with Crippen molar-refractivity contribution in [3.05, 3.63) is 18.6 Å². The van der Waals surface area contributed by atoms with Crippen LogP contribution in [0, 0.1) is 5.92 Å². The van der Waals surface area contributed by atoms with Crippen LogP contribution in [0.2, 0.25) is 0 Å². The number of rotatable bonds is 5. The summed E-state index contributed by atoms with van der Waals surface area (Å²) in [6, 6.07) is 0.0411. The monoisotopic (exact) mass is 278 g/mol. The highest BCUT2D eigenvalue weighted by atomic mass is 16.5. The fourth-order valence-corrected chi connectivity index (χ4v) is 2.51. The first-order valence-electron chi connectivity index (χ1n) is 7.01. The molecule has 2 rings (SSSR count). The Morgan fingerprint density at radius 2 is 2.45 bits per heavy atom. The predicted molar refractivity (Wildman–Crippen MR) is 76.4 cm³/mol. The van der Waals surface area contributed by atoms with E-state index in [1.165, 1.54) is 0 Å². The number of nitrogens with one attached hydrogen (secondary N) is 1. The number of ether oxygens (including phenoxy) is 1. The fraction of sp³-hybridized carbons (Fsp3) is 0.643. The Bertz CT molecular complexity index is 426. The molecule has 1 aliphatic rings. The van der Waals surface area contributed by atoms with Gasteiger partial charge in [-0.2, -0.15) is 0 Å². The third-order valence-corrected chi connectivity index (χ3v) is 3.47. The van der Waals surface area contributed by atoms with Gasteiger partial charge in [0.25, 0.3) is 0 Å². The number of methoxy groups -OCH3 is 1. The minimum absolute atomic E-state index is 0.00469. The molecular formula is C14H22N4O2. The molecule has 0 aromatic carbocycles. The number of amides is 1. The molecule has 1 fully saturated rings. The van der Waals surface area contributed by atoms with E-state index in [-0.39, 0.29) is 17.9 Å². The number of anilines is 1. The maximum atomic E-state index is 12.2. The van der Waals surface area contributed by atoms with Crippen molar-refractivity contribution in [2.75, 3.05) is 31.7 Å². The van der Waals surface area contributed by atoms with Crippen LogP contribution in [0.4, 0.5) is 5.82 Å². The Labute approximate surface area is 119 Å². The summed E-state index contributed by atoms with van der Waals surface area (Å²) in [5.74, 6) is 0.947. The van der Waals surface area contributed by atoms with Crippen LogP contribution in [0.1, 0.15) is 19.8 Å². The Morgan fingerprint density at radius 3 is 3.15 bits per heavy atom. The fourth-order valence-electron chi connectivity index (χ4n) is 2.51. The molecule has 2 heterocycles. The number of hydrogen-bond acceptors (Lipinski definition) is 5. The zero-order chi connectivity index (χ0) is 14.4. The van der Waals surface area contributed by atoms with Gasteiger partial charge in [0.1, 0.15) is 5.82 Å². The topological polar surface area (TPSA) is 67.3 Å². The highest BCUT2D eigenvalue weighted by molar-refractivity contribution is 5.79. The van der Waals surface area contributed by atoms with Crippen LogP contribution in [0.25, 0.3) is 0 Å². The number of carbonyl (C=O) groups is 1. The van der Waals surface area contributed by atoms with E-state index in [0.717, 1.165) is 25.2 Å². The molecule has 0 spiro atoms. The molecule has 2 atom stereocenters. The molecule has 0 saturated carbocycles. The van der Waals surface area contributed by atoms with E-state index < -0.39 is 0 Å². The van der Waals surface area contributed by atoms with Crippen LogP contribution in [0.15, 0.2) is 18.6 Å². The molecule has 0 radical (unpaired) electrons. The average molecular weight is 278 g/mol. The molecule has 6 heteroatoms. The van der Waals surface area contributed by atoms with Gasteiger partial charge in [-0.05, 0) is 19.8 Å². The van der Waals surface area contributed by atoms with Gasteiger partial charge in [0.2, 0.25) is 5.91 Å². The second kappa shape index (κ2) is 7.19. The van der Waals surface area contributed by atoms with Crippen LogP contribution >= 0.6 is 0 Å². The Kier molecular flexibility index (Phi) is 5.29. The maximum absolute atomic E-state index is 12.2. The van der Waals surface area contributed by atoms with Crippen molar-refractivity contribution in [1.29, 1.82) is 0 Å². The standard InChI is InChI=1S/C14H22N4O2/c1-11(10-20-2)17-14(19)12-4-3-7-18(9-12)13-8-15-5-6-16-13/h5-6,8,11-12H,3-4,7,9-10H2,1-2H3,(H,17,19)/t11-,12-/m0/s1. The molecule has 20 heavy (non-hydrogen) atoms. The minimum Gasteiger partial charge on any atom is -0.383 e. The highest BCUT2D eigenvalue weighted by Crippen LogP contribution is 2.21. The molecule has 110 valence electrons. The summed E-state index contributed by atoms with van der Waals surface area (Å²) >= 11 is 0.